The first kappa shape index (κ1) is 17.3. The number of hydrogen-bond acceptors (Lipinski definition) is 3. The second kappa shape index (κ2) is 6.90. The maximum atomic E-state index is 12.9. The highest BCUT2D eigenvalue weighted by molar-refractivity contribution is 5.99. The minimum atomic E-state index is -0.0221. The standard InChI is InChI=1S/C20H22N4O3/c1-22-17-4-2-15(12-14(17)3-5-18(22)25)19(26)23-8-10-24(11-9-23)20(27)16-6-7-21-13-16/h2,4,6-7,12-13,21H,3,5,8-11H2,1H3. The van der Waals surface area contributed by atoms with Crippen molar-refractivity contribution in [3.63, 3.8) is 0 Å². The molecule has 2 aromatic rings. The molecule has 3 heterocycles. The van der Waals surface area contributed by atoms with Gasteiger partial charge in [0.15, 0.2) is 0 Å². The Labute approximate surface area is 157 Å². The van der Waals surface area contributed by atoms with Crippen molar-refractivity contribution >= 4 is 23.4 Å². The molecular weight excluding hydrogens is 344 g/mol. The van der Waals surface area contributed by atoms with E-state index in [4.69, 9.17) is 0 Å². The maximum absolute atomic E-state index is 12.9. The van der Waals surface area contributed by atoms with Crippen LogP contribution in [0.4, 0.5) is 5.69 Å². The second-order valence-electron chi connectivity index (χ2n) is 6.98. The molecular formula is C20H22N4O3. The molecule has 2 aliphatic heterocycles. The van der Waals surface area contributed by atoms with Gasteiger partial charge in [0.25, 0.3) is 11.8 Å². The summed E-state index contributed by atoms with van der Waals surface area (Å²) in [6.45, 7) is 2.09. The van der Waals surface area contributed by atoms with Crippen LogP contribution in [0.2, 0.25) is 0 Å². The average molecular weight is 366 g/mol. The molecule has 7 nitrogen and oxygen atoms in total. The van der Waals surface area contributed by atoms with Crippen molar-refractivity contribution in [2.24, 2.45) is 0 Å². The third kappa shape index (κ3) is 3.20. The van der Waals surface area contributed by atoms with Gasteiger partial charge in [-0.3, -0.25) is 14.4 Å². The molecule has 1 fully saturated rings. The number of amides is 3. The number of carbonyl (C=O) groups excluding carboxylic acids is 3. The number of aromatic nitrogens is 1. The van der Waals surface area contributed by atoms with Crippen molar-refractivity contribution in [3.8, 4) is 0 Å². The summed E-state index contributed by atoms with van der Waals surface area (Å²) in [6, 6.07) is 7.30. The lowest BCUT2D eigenvalue weighted by molar-refractivity contribution is -0.118. The van der Waals surface area contributed by atoms with Crippen LogP contribution in [-0.2, 0) is 11.2 Å². The van der Waals surface area contributed by atoms with Crippen LogP contribution in [0, 0.1) is 0 Å². The largest absolute Gasteiger partial charge is 0.367 e. The van der Waals surface area contributed by atoms with E-state index in [1.807, 2.05) is 12.1 Å². The quantitative estimate of drug-likeness (QED) is 0.876. The van der Waals surface area contributed by atoms with Crippen LogP contribution >= 0.6 is 0 Å². The lowest BCUT2D eigenvalue weighted by Crippen LogP contribution is -2.50. The SMILES string of the molecule is CN1C(=O)CCc2cc(C(=O)N3CCN(C(=O)c4cc[nH]c4)CC3)ccc21. The van der Waals surface area contributed by atoms with Gasteiger partial charge in [-0.2, -0.15) is 0 Å². The lowest BCUT2D eigenvalue weighted by atomic mass is 9.98. The van der Waals surface area contributed by atoms with Crippen molar-refractivity contribution in [1.82, 2.24) is 14.8 Å². The number of anilines is 1. The molecule has 0 aliphatic carbocycles. The number of rotatable bonds is 2. The molecule has 3 amide bonds. The highest BCUT2D eigenvalue weighted by Gasteiger charge is 2.27. The Bertz CT molecular complexity index is 883. The van der Waals surface area contributed by atoms with Crippen LogP contribution in [-0.4, -0.2) is 65.7 Å². The number of nitrogens with zero attached hydrogens (tertiary/aromatic N) is 3. The highest BCUT2D eigenvalue weighted by atomic mass is 16.2. The molecule has 0 spiro atoms. The van der Waals surface area contributed by atoms with E-state index in [2.05, 4.69) is 4.98 Å². The fraction of sp³-hybridized carbons (Fsp3) is 0.350. The van der Waals surface area contributed by atoms with Gasteiger partial charge in [-0.1, -0.05) is 0 Å². The van der Waals surface area contributed by atoms with Gasteiger partial charge < -0.3 is 19.7 Å². The zero-order valence-corrected chi connectivity index (χ0v) is 15.3. The van der Waals surface area contributed by atoms with Gasteiger partial charge in [-0.25, -0.2) is 0 Å². The number of benzene rings is 1. The third-order valence-electron chi connectivity index (χ3n) is 5.37. The number of nitrogens with one attached hydrogen (secondary N) is 1. The van der Waals surface area contributed by atoms with E-state index in [0.717, 1.165) is 11.3 Å². The first-order valence-electron chi connectivity index (χ1n) is 9.15. The highest BCUT2D eigenvalue weighted by Crippen LogP contribution is 2.28. The molecule has 1 N–H and O–H groups in total. The van der Waals surface area contributed by atoms with Gasteiger partial charge in [-0.05, 0) is 36.2 Å². The third-order valence-corrected chi connectivity index (χ3v) is 5.37. The Hall–Kier alpha value is -3.09. The van der Waals surface area contributed by atoms with Crippen LogP contribution < -0.4 is 4.90 Å². The van der Waals surface area contributed by atoms with E-state index >= 15 is 0 Å². The van der Waals surface area contributed by atoms with Crippen LogP contribution in [0.3, 0.4) is 0 Å². The summed E-state index contributed by atoms with van der Waals surface area (Å²) < 4.78 is 0. The van der Waals surface area contributed by atoms with Crippen LogP contribution in [0.1, 0.15) is 32.7 Å². The molecule has 0 unspecified atom stereocenters. The molecule has 7 heteroatoms. The summed E-state index contributed by atoms with van der Waals surface area (Å²) in [5.41, 5.74) is 3.19. The molecule has 0 saturated carbocycles. The maximum Gasteiger partial charge on any atom is 0.255 e. The number of carbonyl (C=O) groups is 3. The zero-order chi connectivity index (χ0) is 19.0. The number of piperazine rings is 1. The second-order valence-corrected chi connectivity index (χ2v) is 6.98. The van der Waals surface area contributed by atoms with Crippen molar-refractivity contribution in [2.75, 3.05) is 38.1 Å². The number of hydrogen-bond donors (Lipinski definition) is 1. The molecule has 1 aromatic carbocycles. The smallest absolute Gasteiger partial charge is 0.255 e. The molecule has 0 atom stereocenters. The summed E-state index contributed by atoms with van der Waals surface area (Å²) in [5, 5.41) is 0. The Morgan fingerprint density at radius 3 is 2.22 bits per heavy atom. The molecule has 1 aromatic heterocycles. The lowest BCUT2D eigenvalue weighted by Gasteiger charge is -2.35. The number of fused-ring (bicyclic) bond motifs is 1. The molecule has 2 aliphatic rings. The summed E-state index contributed by atoms with van der Waals surface area (Å²) >= 11 is 0. The van der Waals surface area contributed by atoms with E-state index in [0.29, 0.717) is 50.1 Å². The number of aromatic amines is 1. The Morgan fingerprint density at radius 1 is 0.926 bits per heavy atom. The van der Waals surface area contributed by atoms with E-state index < -0.39 is 0 Å². The fourth-order valence-electron chi connectivity index (χ4n) is 3.72. The minimum Gasteiger partial charge on any atom is -0.367 e. The van der Waals surface area contributed by atoms with Crippen molar-refractivity contribution in [1.29, 1.82) is 0 Å². The van der Waals surface area contributed by atoms with Crippen LogP contribution in [0.25, 0.3) is 0 Å². The zero-order valence-electron chi connectivity index (χ0n) is 15.3. The van der Waals surface area contributed by atoms with Gasteiger partial charge in [-0.15, -0.1) is 0 Å². The Balaban J connectivity index is 1.43. The van der Waals surface area contributed by atoms with E-state index in [9.17, 15) is 14.4 Å². The topological polar surface area (TPSA) is 76.7 Å². The summed E-state index contributed by atoms with van der Waals surface area (Å²) in [7, 11) is 1.77. The van der Waals surface area contributed by atoms with Gasteiger partial charge in [0, 0.05) is 63.3 Å². The summed E-state index contributed by atoms with van der Waals surface area (Å²) in [6.07, 6.45) is 4.56. The van der Waals surface area contributed by atoms with Gasteiger partial charge >= 0.3 is 0 Å². The van der Waals surface area contributed by atoms with Gasteiger partial charge in [0.2, 0.25) is 5.91 Å². The van der Waals surface area contributed by atoms with Gasteiger partial charge in [0.1, 0.15) is 0 Å². The molecule has 4 rings (SSSR count). The number of aryl methyl sites for hydroxylation is 1. The van der Waals surface area contributed by atoms with Crippen LogP contribution in [0.5, 0.6) is 0 Å². The normalized spacial score (nSPS) is 17.1. The van der Waals surface area contributed by atoms with Crippen molar-refractivity contribution in [2.45, 2.75) is 12.8 Å². The minimum absolute atomic E-state index is 0.00941. The first-order chi connectivity index (χ1) is 13.0. The monoisotopic (exact) mass is 366 g/mol. The first-order valence-corrected chi connectivity index (χ1v) is 9.15. The predicted molar refractivity (Wildman–Crippen MR) is 101 cm³/mol. The molecule has 0 bridgehead atoms. The summed E-state index contributed by atoms with van der Waals surface area (Å²) in [5.74, 6) is 0.0701. The van der Waals surface area contributed by atoms with Crippen LogP contribution in [0.15, 0.2) is 36.7 Å². The van der Waals surface area contributed by atoms with E-state index in [1.54, 1.807) is 46.3 Å². The average Bonchev–Trinajstić information content (AvgIpc) is 3.24. The van der Waals surface area contributed by atoms with Crippen molar-refractivity contribution in [3.05, 3.63) is 53.3 Å². The molecule has 0 radical (unpaired) electrons. The fourth-order valence-corrected chi connectivity index (χ4v) is 3.72. The van der Waals surface area contributed by atoms with Gasteiger partial charge in [0.05, 0.1) is 5.56 Å². The van der Waals surface area contributed by atoms with Crippen molar-refractivity contribution < 1.29 is 14.4 Å². The molecule has 140 valence electrons. The predicted octanol–water partition coefficient (Wildman–Crippen LogP) is 1.52. The van der Waals surface area contributed by atoms with E-state index in [1.165, 1.54) is 0 Å². The summed E-state index contributed by atoms with van der Waals surface area (Å²) in [4.78, 5) is 45.2. The molecule has 1 saturated heterocycles. The Kier molecular flexibility index (Phi) is 4.43. The molecule has 27 heavy (non-hydrogen) atoms. The Morgan fingerprint density at radius 2 is 1.59 bits per heavy atom. The van der Waals surface area contributed by atoms with E-state index in [-0.39, 0.29) is 17.7 Å². The number of H-pyrrole nitrogens is 1.